The summed E-state index contributed by atoms with van der Waals surface area (Å²) in [5, 5.41) is 13.9. The second-order valence-electron chi connectivity index (χ2n) is 10.5. The molecule has 0 amide bonds. The zero-order chi connectivity index (χ0) is 27.8. The number of halogens is 1. The average Bonchev–Trinajstić information content (AvgIpc) is 3.58. The number of hydrogen-bond acceptors (Lipinski definition) is 10. The highest BCUT2D eigenvalue weighted by atomic mass is 31.2. The molecular weight excluding hydrogens is 557 g/mol. The Morgan fingerprint density at radius 2 is 1.82 bits per heavy atom. The largest absolute Gasteiger partial charge is 0.387 e. The van der Waals surface area contributed by atoms with Crippen molar-refractivity contribution in [3.8, 4) is 0 Å². The number of piperidine rings is 1. The van der Waals surface area contributed by atoms with Crippen LogP contribution in [-0.2, 0) is 24.9 Å². The van der Waals surface area contributed by atoms with Crippen molar-refractivity contribution in [3.05, 3.63) is 12.2 Å². The molecule has 14 nitrogen and oxygen atoms in total. The number of nitrogens with one attached hydrogen (secondary N) is 1. The standard InChI is InChI=1S/C22H35FN6O8P2/c23-17-19(30)15(11-36-39(34,35)13-38(31,32)33)37-22(17)29-12-24-18-20(25-14-6-2-3-7-14)26-16(27-21(18)29)10-28-8-4-1-5-9-28/h12,14-15,17,19,22,30H,1-11,13H2,(H,34,35)(H,25,26,27)(H2,31,32,33)/t15-,17+,19-,22-/m1/s1. The molecule has 2 aliphatic heterocycles. The number of aliphatic hydroxyl groups is 1. The minimum absolute atomic E-state index is 0.249. The zero-order valence-corrected chi connectivity index (χ0v) is 23.2. The van der Waals surface area contributed by atoms with Gasteiger partial charge in [0.05, 0.1) is 19.5 Å². The molecule has 39 heavy (non-hydrogen) atoms. The van der Waals surface area contributed by atoms with Gasteiger partial charge in [-0.2, -0.15) is 0 Å². The SMILES string of the molecule is O=P(O)(O)CP(=O)(O)OC[C@H]1O[C@@H](n2cnc3c(NC4CCCC4)nc(CN4CCCCC4)nc32)[C@@H](F)[C@@H]1O. The number of likely N-dealkylation sites (tertiary alicyclic amines) is 1. The van der Waals surface area contributed by atoms with Crippen molar-refractivity contribution in [2.45, 2.75) is 82.1 Å². The third-order valence-corrected chi connectivity index (χ3v) is 10.8. The van der Waals surface area contributed by atoms with Crippen molar-refractivity contribution < 1.29 is 42.6 Å². The van der Waals surface area contributed by atoms with Gasteiger partial charge in [-0.05, 0) is 38.8 Å². The van der Waals surface area contributed by atoms with Gasteiger partial charge in [0.1, 0.15) is 18.0 Å². The van der Waals surface area contributed by atoms with Gasteiger partial charge in [0, 0.05) is 6.04 Å². The van der Waals surface area contributed by atoms with E-state index in [1.54, 1.807) is 0 Å². The zero-order valence-electron chi connectivity index (χ0n) is 21.4. The Hall–Kier alpha value is -1.54. The molecule has 3 aliphatic rings. The number of alkyl halides is 1. The molecule has 5 atom stereocenters. The maximum atomic E-state index is 15.3. The van der Waals surface area contributed by atoms with E-state index >= 15 is 4.39 Å². The molecule has 0 spiro atoms. The lowest BCUT2D eigenvalue weighted by atomic mass is 10.1. The summed E-state index contributed by atoms with van der Waals surface area (Å²) in [6.45, 7) is 1.65. The van der Waals surface area contributed by atoms with Crippen molar-refractivity contribution in [2.75, 3.05) is 30.9 Å². The first kappa shape index (κ1) is 29.0. The summed E-state index contributed by atoms with van der Waals surface area (Å²) in [6.07, 6.45) is 2.60. The third-order valence-electron chi connectivity index (χ3n) is 7.35. The van der Waals surface area contributed by atoms with E-state index in [0.29, 0.717) is 29.4 Å². The molecule has 2 saturated heterocycles. The van der Waals surface area contributed by atoms with Gasteiger partial charge in [0.15, 0.2) is 35.3 Å². The molecule has 0 bridgehead atoms. The Kier molecular flexibility index (Phi) is 8.73. The van der Waals surface area contributed by atoms with Gasteiger partial charge in [0.25, 0.3) is 0 Å². The van der Waals surface area contributed by atoms with Crippen molar-refractivity contribution in [3.63, 3.8) is 0 Å². The van der Waals surface area contributed by atoms with E-state index in [9.17, 15) is 19.1 Å². The fraction of sp³-hybridized carbons (Fsp3) is 0.773. The van der Waals surface area contributed by atoms with Gasteiger partial charge in [-0.15, -0.1) is 0 Å². The lowest BCUT2D eigenvalue weighted by Gasteiger charge is -2.26. The van der Waals surface area contributed by atoms with E-state index in [1.807, 2.05) is 0 Å². The molecule has 17 heteroatoms. The number of anilines is 1. The molecule has 218 valence electrons. The number of fused-ring (bicyclic) bond motifs is 1. The van der Waals surface area contributed by atoms with E-state index in [0.717, 1.165) is 51.6 Å². The average molecular weight is 593 g/mol. The summed E-state index contributed by atoms with van der Waals surface area (Å²) in [6, 6.07) is 0.249. The van der Waals surface area contributed by atoms with Crippen LogP contribution in [0.3, 0.4) is 0 Å². The molecule has 4 heterocycles. The van der Waals surface area contributed by atoms with Crippen molar-refractivity contribution in [2.24, 2.45) is 0 Å². The van der Waals surface area contributed by atoms with Gasteiger partial charge in [-0.1, -0.05) is 19.3 Å². The summed E-state index contributed by atoms with van der Waals surface area (Å²) in [5.74, 6) is -0.283. The summed E-state index contributed by atoms with van der Waals surface area (Å²) >= 11 is 0. The van der Waals surface area contributed by atoms with E-state index < -0.39 is 52.3 Å². The quantitative estimate of drug-likeness (QED) is 0.252. The van der Waals surface area contributed by atoms with Crippen LogP contribution < -0.4 is 5.32 Å². The van der Waals surface area contributed by atoms with Crippen LogP contribution in [0.1, 0.15) is 57.0 Å². The van der Waals surface area contributed by atoms with Crippen LogP contribution in [0.5, 0.6) is 0 Å². The number of ether oxygens (including phenoxy) is 1. The molecule has 1 saturated carbocycles. The van der Waals surface area contributed by atoms with Crippen LogP contribution in [0.25, 0.3) is 11.2 Å². The Balaban J connectivity index is 1.39. The molecule has 5 rings (SSSR count). The number of aliphatic hydroxyl groups excluding tert-OH is 1. The molecule has 1 aliphatic carbocycles. The molecule has 1 unspecified atom stereocenters. The molecule has 2 aromatic rings. The third kappa shape index (κ3) is 7.03. The maximum Gasteiger partial charge on any atom is 0.340 e. The van der Waals surface area contributed by atoms with Crippen LogP contribution in [0.4, 0.5) is 10.2 Å². The first-order valence-corrected chi connectivity index (χ1v) is 16.8. The fourth-order valence-electron chi connectivity index (χ4n) is 5.43. The predicted octanol–water partition coefficient (Wildman–Crippen LogP) is 2.10. The predicted molar refractivity (Wildman–Crippen MR) is 138 cm³/mol. The van der Waals surface area contributed by atoms with Crippen molar-refractivity contribution in [1.82, 2.24) is 24.4 Å². The molecule has 2 aromatic heterocycles. The number of nitrogens with zero attached hydrogens (tertiary/aromatic N) is 5. The number of aromatic nitrogens is 4. The Morgan fingerprint density at radius 3 is 2.51 bits per heavy atom. The Morgan fingerprint density at radius 1 is 1.10 bits per heavy atom. The van der Waals surface area contributed by atoms with Crippen molar-refractivity contribution in [1.29, 1.82) is 0 Å². The topological polar surface area (TPSA) is 192 Å². The number of hydrogen-bond donors (Lipinski definition) is 5. The van der Waals surface area contributed by atoms with E-state index in [-0.39, 0.29) is 6.04 Å². The first-order valence-electron chi connectivity index (χ1n) is 13.2. The van der Waals surface area contributed by atoms with Crippen LogP contribution in [0.2, 0.25) is 0 Å². The molecule has 5 N–H and O–H groups in total. The number of imidazole rings is 1. The summed E-state index contributed by atoms with van der Waals surface area (Å²) in [7, 11) is -9.55. The molecular formula is C22H35FN6O8P2. The van der Waals surface area contributed by atoms with E-state index in [1.165, 1.54) is 17.3 Å². The van der Waals surface area contributed by atoms with Gasteiger partial charge in [-0.3, -0.25) is 18.6 Å². The second kappa shape index (κ2) is 11.8. The summed E-state index contributed by atoms with van der Waals surface area (Å²) < 4.78 is 50.2. The first-order chi connectivity index (χ1) is 18.5. The monoisotopic (exact) mass is 592 g/mol. The fourth-order valence-corrected chi connectivity index (χ4v) is 8.00. The summed E-state index contributed by atoms with van der Waals surface area (Å²) in [5.41, 5.74) is 0.768. The van der Waals surface area contributed by atoms with Gasteiger partial charge < -0.3 is 34.4 Å². The smallest absolute Gasteiger partial charge is 0.340 e. The van der Waals surface area contributed by atoms with E-state index in [2.05, 4.69) is 15.2 Å². The molecule has 0 aromatic carbocycles. The normalized spacial score (nSPS) is 28.7. The van der Waals surface area contributed by atoms with Crippen LogP contribution in [0, 0.1) is 0 Å². The highest BCUT2D eigenvalue weighted by Gasteiger charge is 2.47. The van der Waals surface area contributed by atoms with Crippen LogP contribution >= 0.6 is 15.2 Å². The maximum absolute atomic E-state index is 15.3. The Labute approximate surface area is 224 Å². The van der Waals surface area contributed by atoms with Crippen LogP contribution in [-0.4, -0.2) is 94.2 Å². The lowest BCUT2D eigenvalue weighted by molar-refractivity contribution is -0.0425. The minimum atomic E-state index is -4.84. The highest BCUT2D eigenvalue weighted by molar-refractivity contribution is 7.70. The summed E-state index contributed by atoms with van der Waals surface area (Å²) in [4.78, 5) is 43.9. The van der Waals surface area contributed by atoms with Gasteiger partial charge in [0.2, 0.25) is 0 Å². The number of rotatable bonds is 10. The Bertz CT molecular complexity index is 1250. The van der Waals surface area contributed by atoms with Crippen molar-refractivity contribution >= 4 is 32.2 Å². The molecule has 0 radical (unpaired) electrons. The van der Waals surface area contributed by atoms with Crippen LogP contribution in [0.15, 0.2) is 6.33 Å². The lowest BCUT2D eigenvalue weighted by Crippen LogP contribution is -2.31. The highest BCUT2D eigenvalue weighted by Crippen LogP contribution is 2.55. The second-order valence-corrected chi connectivity index (χ2v) is 14.5. The molecule has 3 fully saturated rings. The van der Waals surface area contributed by atoms with Gasteiger partial charge >= 0.3 is 15.2 Å². The van der Waals surface area contributed by atoms with Gasteiger partial charge in [-0.25, -0.2) is 19.3 Å². The van der Waals surface area contributed by atoms with E-state index in [4.69, 9.17) is 29.0 Å². The minimum Gasteiger partial charge on any atom is -0.387 e.